The molecule has 1 fully saturated rings. The fourth-order valence-electron chi connectivity index (χ4n) is 3.84. The van der Waals surface area contributed by atoms with Crippen LogP contribution in [-0.4, -0.2) is 45.4 Å². The maximum atomic E-state index is 5.26. The summed E-state index contributed by atoms with van der Waals surface area (Å²) in [7, 11) is 3.87. The van der Waals surface area contributed by atoms with E-state index in [0.29, 0.717) is 12.5 Å². The van der Waals surface area contributed by atoms with Gasteiger partial charge in [-0.25, -0.2) is 9.67 Å². The third-order valence-corrected chi connectivity index (χ3v) is 5.39. The molecule has 3 aromatic rings. The van der Waals surface area contributed by atoms with Crippen LogP contribution in [0.2, 0.25) is 0 Å². The normalized spacial score (nSPS) is 17.6. The summed E-state index contributed by atoms with van der Waals surface area (Å²) in [5.74, 6) is 2.73. The molecular formula is C22H27N5O. The lowest BCUT2D eigenvalue weighted by atomic mass is 10.0. The average molecular weight is 377 g/mol. The van der Waals surface area contributed by atoms with Gasteiger partial charge in [0.2, 0.25) is 0 Å². The molecule has 0 aliphatic carbocycles. The van der Waals surface area contributed by atoms with Gasteiger partial charge in [0.25, 0.3) is 0 Å². The topological polar surface area (TPSA) is 56.1 Å². The van der Waals surface area contributed by atoms with Gasteiger partial charge in [0.15, 0.2) is 5.82 Å². The van der Waals surface area contributed by atoms with Crippen molar-refractivity contribution in [3.8, 4) is 11.4 Å². The van der Waals surface area contributed by atoms with Crippen LogP contribution in [0.4, 0.5) is 0 Å². The summed E-state index contributed by atoms with van der Waals surface area (Å²) in [6, 6.07) is 12.5. The molecule has 3 heterocycles. The monoisotopic (exact) mass is 377 g/mol. The van der Waals surface area contributed by atoms with Gasteiger partial charge in [-0.1, -0.05) is 18.6 Å². The van der Waals surface area contributed by atoms with Crippen LogP contribution < -0.4 is 4.74 Å². The number of ether oxygens (including phenoxy) is 1. The second-order valence-corrected chi connectivity index (χ2v) is 7.47. The minimum Gasteiger partial charge on any atom is -0.497 e. The number of piperidine rings is 1. The van der Waals surface area contributed by atoms with E-state index in [4.69, 9.17) is 14.8 Å². The van der Waals surface area contributed by atoms with Gasteiger partial charge >= 0.3 is 0 Å². The first-order chi connectivity index (χ1) is 13.6. The van der Waals surface area contributed by atoms with Gasteiger partial charge in [0.1, 0.15) is 11.6 Å². The molecule has 146 valence electrons. The predicted molar refractivity (Wildman–Crippen MR) is 109 cm³/mol. The van der Waals surface area contributed by atoms with Gasteiger partial charge in [-0.2, -0.15) is 5.10 Å². The molecule has 1 aliphatic rings. The number of likely N-dealkylation sites (tertiary alicyclic amines) is 1. The Morgan fingerprint density at radius 1 is 1.14 bits per heavy atom. The Morgan fingerprint density at radius 3 is 2.68 bits per heavy atom. The van der Waals surface area contributed by atoms with Crippen LogP contribution in [0, 0.1) is 6.92 Å². The van der Waals surface area contributed by atoms with Crippen molar-refractivity contribution in [2.24, 2.45) is 0 Å². The minimum absolute atomic E-state index is 0.291. The molecule has 6 heteroatoms. The Balaban J connectivity index is 1.70. The number of pyridine rings is 1. The summed E-state index contributed by atoms with van der Waals surface area (Å²) in [4.78, 5) is 11.7. The SMILES string of the molecule is COc1ccc(Cc2nc(C3CCCCN3C)n(-c3ccnc(C)c3)n2)cc1. The number of rotatable bonds is 5. The van der Waals surface area contributed by atoms with Crippen LogP contribution in [0.15, 0.2) is 42.6 Å². The summed E-state index contributed by atoms with van der Waals surface area (Å²) in [5, 5.41) is 4.89. The first kappa shape index (κ1) is 18.6. The van der Waals surface area contributed by atoms with Gasteiger partial charge in [-0.3, -0.25) is 9.88 Å². The molecule has 0 amide bonds. The maximum absolute atomic E-state index is 5.26. The third kappa shape index (κ3) is 3.92. The van der Waals surface area contributed by atoms with Crippen molar-refractivity contribution in [3.63, 3.8) is 0 Å². The highest BCUT2D eigenvalue weighted by molar-refractivity contribution is 5.33. The highest BCUT2D eigenvalue weighted by Crippen LogP contribution is 2.30. The molecule has 6 nitrogen and oxygen atoms in total. The fourth-order valence-corrected chi connectivity index (χ4v) is 3.84. The maximum Gasteiger partial charge on any atom is 0.155 e. The lowest BCUT2D eigenvalue weighted by Crippen LogP contribution is -2.31. The van der Waals surface area contributed by atoms with Crippen molar-refractivity contribution in [2.45, 2.75) is 38.6 Å². The quantitative estimate of drug-likeness (QED) is 0.678. The van der Waals surface area contributed by atoms with Crippen LogP contribution >= 0.6 is 0 Å². The average Bonchev–Trinajstić information content (AvgIpc) is 3.12. The molecule has 1 unspecified atom stereocenters. The van der Waals surface area contributed by atoms with Crippen LogP contribution in [0.5, 0.6) is 5.75 Å². The van der Waals surface area contributed by atoms with Crippen molar-refractivity contribution in [3.05, 3.63) is 65.5 Å². The molecule has 0 saturated carbocycles. The Kier molecular flexibility index (Phi) is 5.39. The summed E-state index contributed by atoms with van der Waals surface area (Å²) >= 11 is 0. The highest BCUT2D eigenvalue weighted by Gasteiger charge is 2.27. The number of hydrogen-bond donors (Lipinski definition) is 0. The van der Waals surface area contributed by atoms with E-state index in [2.05, 4.69) is 35.1 Å². The van der Waals surface area contributed by atoms with Crippen LogP contribution in [0.1, 0.15) is 48.2 Å². The van der Waals surface area contributed by atoms with Crippen molar-refractivity contribution < 1.29 is 4.74 Å². The zero-order valence-corrected chi connectivity index (χ0v) is 16.8. The van der Waals surface area contributed by atoms with E-state index < -0.39 is 0 Å². The molecular weight excluding hydrogens is 350 g/mol. The molecule has 0 spiro atoms. The van der Waals surface area contributed by atoms with Crippen molar-refractivity contribution in [1.82, 2.24) is 24.6 Å². The first-order valence-electron chi connectivity index (χ1n) is 9.86. The molecule has 28 heavy (non-hydrogen) atoms. The van der Waals surface area contributed by atoms with E-state index in [1.165, 1.54) is 18.4 Å². The largest absolute Gasteiger partial charge is 0.497 e. The molecule has 1 saturated heterocycles. The smallest absolute Gasteiger partial charge is 0.155 e. The van der Waals surface area contributed by atoms with E-state index in [0.717, 1.165) is 41.7 Å². The summed E-state index contributed by atoms with van der Waals surface area (Å²) < 4.78 is 7.27. The van der Waals surface area contributed by atoms with E-state index >= 15 is 0 Å². The summed E-state index contributed by atoms with van der Waals surface area (Å²) in [6.07, 6.45) is 6.12. The van der Waals surface area contributed by atoms with Crippen molar-refractivity contribution >= 4 is 0 Å². The van der Waals surface area contributed by atoms with E-state index in [1.54, 1.807) is 7.11 Å². The number of aryl methyl sites for hydroxylation is 1. The van der Waals surface area contributed by atoms with Gasteiger partial charge in [0, 0.05) is 18.3 Å². The zero-order chi connectivity index (χ0) is 19.5. The number of methoxy groups -OCH3 is 1. The Morgan fingerprint density at radius 2 is 1.96 bits per heavy atom. The van der Waals surface area contributed by atoms with Crippen LogP contribution in [0.25, 0.3) is 5.69 Å². The van der Waals surface area contributed by atoms with Crippen molar-refractivity contribution in [2.75, 3.05) is 20.7 Å². The predicted octanol–water partition coefficient (Wildman–Crippen LogP) is 3.73. The number of nitrogens with zero attached hydrogens (tertiary/aromatic N) is 5. The second-order valence-electron chi connectivity index (χ2n) is 7.47. The van der Waals surface area contributed by atoms with Crippen LogP contribution in [0.3, 0.4) is 0 Å². The molecule has 0 N–H and O–H groups in total. The molecule has 4 rings (SSSR count). The van der Waals surface area contributed by atoms with Crippen molar-refractivity contribution in [1.29, 1.82) is 0 Å². The number of hydrogen-bond acceptors (Lipinski definition) is 5. The van der Waals surface area contributed by atoms with E-state index in [9.17, 15) is 0 Å². The number of aromatic nitrogens is 4. The zero-order valence-electron chi connectivity index (χ0n) is 16.8. The molecule has 0 bridgehead atoms. The first-order valence-corrected chi connectivity index (χ1v) is 9.86. The Bertz CT molecular complexity index is 934. The van der Waals surface area contributed by atoms with E-state index in [1.807, 2.05) is 36.0 Å². The Hall–Kier alpha value is -2.73. The van der Waals surface area contributed by atoms with Gasteiger partial charge in [-0.05, 0) is 63.2 Å². The third-order valence-electron chi connectivity index (χ3n) is 5.39. The molecule has 1 aliphatic heterocycles. The second kappa shape index (κ2) is 8.10. The summed E-state index contributed by atoms with van der Waals surface area (Å²) in [6.45, 7) is 3.10. The molecule has 0 radical (unpaired) electrons. The molecule has 1 aromatic carbocycles. The van der Waals surface area contributed by atoms with Gasteiger partial charge in [-0.15, -0.1) is 0 Å². The molecule has 2 aromatic heterocycles. The van der Waals surface area contributed by atoms with Gasteiger partial charge in [0.05, 0.1) is 18.8 Å². The molecule has 1 atom stereocenters. The minimum atomic E-state index is 0.291. The lowest BCUT2D eigenvalue weighted by Gasteiger charge is -2.31. The summed E-state index contributed by atoms with van der Waals surface area (Å²) in [5.41, 5.74) is 3.18. The lowest BCUT2D eigenvalue weighted by molar-refractivity contribution is 0.177. The highest BCUT2D eigenvalue weighted by atomic mass is 16.5. The number of benzene rings is 1. The fraction of sp³-hybridized carbons (Fsp3) is 0.409. The van der Waals surface area contributed by atoms with Gasteiger partial charge < -0.3 is 4.74 Å². The van der Waals surface area contributed by atoms with E-state index in [-0.39, 0.29) is 0 Å². The Labute approximate surface area is 166 Å². The van der Waals surface area contributed by atoms with Crippen LogP contribution in [-0.2, 0) is 6.42 Å². The standard InChI is InChI=1S/C22H27N5O/c1-16-14-18(11-12-23-16)27-22(20-6-4-5-13-26(20)2)24-21(25-27)15-17-7-9-19(28-3)10-8-17/h7-12,14,20H,4-6,13,15H2,1-3H3.